The van der Waals surface area contributed by atoms with Gasteiger partial charge in [-0.25, -0.2) is 4.99 Å². The predicted molar refractivity (Wildman–Crippen MR) is 127 cm³/mol. The van der Waals surface area contributed by atoms with Gasteiger partial charge in [-0.1, -0.05) is 24.3 Å². The Hall–Kier alpha value is -2.14. The number of aliphatic hydroxyl groups is 1. The summed E-state index contributed by atoms with van der Waals surface area (Å²) in [5.74, 6) is 0.637. The lowest BCUT2D eigenvalue weighted by Gasteiger charge is -2.16. The molecular weight excluding hydrogens is 505 g/mol. The minimum Gasteiger partial charge on any atom is -0.435 e. The fourth-order valence-electron chi connectivity index (χ4n) is 2.63. The Kier molecular flexibility index (Phi) is 11.4. The van der Waals surface area contributed by atoms with E-state index < -0.39 is 12.7 Å². The second-order valence-corrected chi connectivity index (χ2v) is 6.60. The van der Waals surface area contributed by atoms with Gasteiger partial charge in [-0.2, -0.15) is 8.78 Å². The zero-order valence-corrected chi connectivity index (χ0v) is 19.6. The van der Waals surface area contributed by atoms with Crippen molar-refractivity contribution < 1.29 is 18.6 Å². The fourth-order valence-corrected chi connectivity index (χ4v) is 2.63. The lowest BCUT2D eigenvalue weighted by molar-refractivity contribution is -0.0498. The fraction of sp³-hybridized carbons (Fsp3) is 0.381. The van der Waals surface area contributed by atoms with Crippen LogP contribution in [0.15, 0.2) is 53.5 Å². The van der Waals surface area contributed by atoms with Crippen molar-refractivity contribution >= 4 is 35.6 Å². The van der Waals surface area contributed by atoms with Crippen LogP contribution in [0.1, 0.15) is 24.2 Å². The minimum absolute atomic E-state index is 0. The number of nitrogens with one attached hydrogen (secondary N) is 2. The highest BCUT2D eigenvalue weighted by Gasteiger charge is 2.10. The second-order valence-electron chi connectivity index (χ2n) is 6.60. The van der Waals surface area contributed by atoms with Crippen molar-refractivity contribution in [3.05, 3.63) is 59.7 Å². The quantitative estimate of drug-likeness (QED) is 0.260. The molecule has 0 aliphatic heterocycles. The molecule has 0 heterocycles. The van der Waals surface area contributed by atoms with Crippen LogP contribution in [0.5, 0.6) is 5.75 Å². The number of hydrogen-bond donors (Lipinski definition) is 3. The molecule has 0 saturated carbocycles. The van der Waals surface area contributed by atoms with Gasteiger partial charge in [0.05, 0.1) is 12.6 Å². The Morgan fingerprint density at radius 3 is 2.43 bits per heavy atom. The van der Waals surface area contributed by atoms with E-state index in [0.29, 0.717) is 24.6 Å². The van der Waals surface area contributed by atoms with E-state index in [2.05, 4.69) is 26.4 Å². The molecule has 2 aromatic rings. The maximum atomic E-state index is 12.2. The molecule has 6 nitrogen and oxygen atoms in total. The number of alkyl halides is 2. The van der Waals surface area contributed by atoms with Gasteiger partial charge < -0.3 is 25.4 Å². The molecule has 0 bridgehead atoms. The van der Waals surface area contributed by atoms with Crippen molar-refractivity contribution in [1.82, 2.24) is 10.6 Å². The molecule has 9 heteroatoms. The Labute approximate surface area is 193 Å². The molecule has 2 rings (SSSR count). The van der Waals surface area contributed by atoms with Crippen molar-refractivity contribution in [3.63, 3.8) is 0 Å². The van der Waals surface area contributed by atoms with Crippen molar-refractivity contribution in [2.24, 2.45) is 4.99 Å². The summed E-state index contributed by atoms with van der Waals surface area (Å²) in [6.07, 6.45) is -0.823. The van der Waals surface area contributed by atoms with E-state index in [-0.39, 0.29) is 36.3 Å². The minimum atomic E-state index is -2.87. The number of guanidine groups is 1. The van der Waals surface area contributed by atoms with Gasteiger partial charge in [0.1, 0.15) is 5.75 Å². The number of rotatable bonds is 9. The van der Waals surface area contributed by atoms with Crippen molar-refractivity contribution in [1.29, 1.82) is 0 Å². The SMILES string of the molecule is CCNC(=NCc1cccc(N(C)C)c1)NCC(O)c1ccc(OC(F)F)cc1.I. The van der Waals surface area contributed by atoms with E-state index in [1.54, 1.807) is 12.1 Å². The smallest absolute Gasteiger partial charge is 0.387 e. The average Bonchev–Trinajstić information content (AvgIpc) is 2.70. The maximum Gasteiger partial charge on any atom is 0.387 e. The molecule has 0 fully saturated rings. The standard InChI is InChI=1S/C21H28F2N4O2.HI/c1-4-24-21(25-13-15-6-5-7-17(12-15)27(2)3)26-14-19(28)16-8-10-18(11-9-16)29-20(22)23;/h5-12,19-20,28H,4,13-14H2,1-3H3,(H2,24,25,26);1H. The summed E-state index contributed by atoms with van der Waals surface area (Å²) in [4.78, 5) is 6.59. The average molecular weight is 534 g/mol. The molecule has 0 aliphatic carbocycles. The number of hydrogen-bond acceptors (Lipinski definition) is 4. The zero-order chi connectivity index (χ0) is 21.2. The Morgan fingerprint density at radius 2 is 1.83 bits per heavy atom. The molecular formula is C21H29F2IN4O2. The van der Waals surface area contributed by atoms with Crippen LogP contribution in [0.4, 0.5) is 14.5 Å². The van der Waals surface area contributed by atoms with Crippen LogP contribution in [0.2, 0.25) is 0 Å². The molecule has 0 radical (unpaired) electrons. The highest BCUT2D eigenvalue weighted by Crippen LogP contribution is 2.19. The maximum absolute atomic E-state index is 12.2. The van der Waals surface area contributed by atoms with E-state index in [4.69, 9.17) is 0 Å². The van der Waals surface area contributed by atoms with Crippen LogP contribution in [0, 0.1) is 0 Å². The molecule has 0 aromatic heterocycles. The number of benzene rings is 2. The molecule has 0 aliphatic rings. The summed E-state index contributed by atoms with van der Waals surface area (Å²) in [5, 5.41) is 16.6. The van der Waals surface area contributed by atoms with E-state index in [0.717, 1.165) is 11.3 Å². The summed E-state index contributed by atoms with van der Waals surface area (Å²) in [7, 11) is 3.98. The number of ether oxygens (including phenoxy) is 1. The lowest BCUT2D eigenvalue weighted by Crippen LogP contribution is -2.39. The third-order valence-electron chi connectivity index (χ3n) is 4.14. The van der Waals surface area contributed by atoms with E-state index >= 15 is 0 Å². The third-order valence-corrected chi connectivity index (χ3v) is 4.14. The van der Waals surface area contributed by atoms with Gasteiger partial charge in [-0.3, -0.25) is 0 Å². The van der Waals surface area contributed by atoms with Gasteiger partial charge in [0.25, 0.3) is 0 Å². The predicted octanol–water partition coefficient (Wildman–Crippen LogP) is 3.76. The first kappa shape index (κ1) is 25.9. The molecule has 1 atom stereocenters. The van der Waals surface area contributed by atoms with Crippen LogP contribution in [0.3, 0.4) is 0 Å². The van der Waals surface area contributed by atoms with E-state index in [9.17, 15) is 13.9 Å². The number of aliphatic hydroxyl groups excluding tert-OH is 1. The molecule has 0 spiro atoms. The van der Waals surface area contributed by atoms with Crippen molar-refractivity contribution in [3.8, 4) is 5.75 Å². The summed E-state index contributed by atoms with van der Waals surface area (Å²) >= 11 is 0. The summed E-state index contributed by atoms with van der Waals surface area (Å²) in [6, 6.07) is 14.0. The summed E-state index contributed by atoms with van der Waals surface area (Å²) < 4.78 is 28.7. The van der Waals surface area contributed by atoms with Gasteiger partial charge in [0.2, 0.25) is 0 Å². The lowest BCUT2D eigenvalue weighted by atomic mass is 10.1. The Balaban J connectivity index is 0.00000450. The highest BCUT2D eigenvalue weighted by molar-refractivity contribution is 14.0. The number of nitrogens with zero attached hydrogens (tertiary/aromatic N) is 2. The number of aliphatic imine (C=N–C) groups is 1. The topological polar surface area (TPSA) is 69.1 Å². The van der Waals surface area contributed by atoms with Gasteiger partial charge >= 0.3 is 6.61 Å². The summed E-state index contributed by atoms with van der Waals surface area (Å²) in [6.45, 7) is 0.483. The van der Waals surface area contributed by atoms with Gasteiger partial charge in [0, 0.05) is 32.9 Å². The van der Waals surface area contributed by atoms with Crippen LogP contribution >= 0.6 is 24.0 Å². The summed E-state index contributed by atoms with van der Waals surface area (Å²) in [5.41, 5.74) is 2.77. The Morgan fingerprint density at radius 1 is 1.13 bits per heavy atom. The molecule has 166 valence electrons. The van der Waals surface area contributed by atoms with E-state index in [1.165, 1.54) is 12.1 Å². The first-order valence-corrected chi connectivity index (χ1v) is 9.40. The largest absolute Gasteiger partial charge is 0.435 e. The zero-order valence-electron chi connectivity index (χ0n) is 17.3. The molecule has 0 saturated heterocycles. The second kappa shape index (κ2) is 13.2. The van der Waals surface area contributed by atoms with Gasteiger partial charge in [-0.15, -0.1) is 24.0 Å². The van der Waals surface area contributed by atoms with Crippen molar-refractivity contribution in [2.45, 2.75) is 26.2 Å². The molecule has 3 N–H and O–H groups in total. The van der Waals surface area contributed by atoms with Gasteiger partial charge in [0.15, 0.2) is 5.96 Å². The number of halogens is 3. The molecule has 1 unspecified atom stereocenters. The first-order chi connectivity index (χ1) is 13.9. The number of anilines is 1. The van der Waals surface area contributed by atoms with Crippen molar-refractivity contribution in [2.75, 3.05) is 32.1 Å². The molecule has 2 aromatic carbocycles. The van der Waals surface area contributed by atoms with Crippen LogP contribution in [0.25, 0.3) is 0 Å². The Bertz CT molecular complexity index is 789. The van der Waals surface area contributed by atoms with Gasteiger partial charge in [-0.05, 0) is 42.3 Å². The van der Waals surface area contributed by atoms with Crippen LogP contribution in [-0.4, -0.2) is 44.9 Å². The highest BCUT2D eigenvalue weighted by atomic mass is 127. The van der Waals surface area contributed by atoms with E-state index in [1.807, 2.05) is 44.1 Å². The third kappa shape index (κ3) is 8.70. The normalized spacial score (nSPS) is 12.2. The molecule has 30 heavy (non-hydrogen) atoms. The molecule has 0 amide bonds. The first-order valence-electron chi connectivity index (χ1n) is 9.40. The van der Waals surface area contributed by atoms with Crippen LogP contribution in [-0.2, 0) is 6.54 Å². The monoisotopic (exact) mass is 534 g/mol. The van der Waals surface area contributed by atoms with Crippen LogP contribution < -0.4 is 20.3 Å².